The smallest absolute Gasteiger partial charge is 0.213 e. The van der Waals surface area contributed by atoms with Crippen molar-refractivity contribution in [1.29, 1.82) is 0 Å². The summed E-state index contributed by atoms with van der Waals surface area (Å²) in [4.78, 5) is 12.4. The van der Waals surface area contributed by atoms with Crippen LogP contribution >= 0.6 is 0 Å². The van der Waals surface area contributed by atoms with Gasteiger partial charge in [-0.3, -0.25) is 4.79 Å². The van der Waals surface area contributed by atoms with Crippen LogP contribution in [0.1, 0.15) is 78.1 Å². The molecular formula is C21H34O3. The molecule has 0 aromatic rings. The molecule has 0 spiro atoms. The molecule has 2 N–H and O–H groups in total. The van der Waals surface area contributed by atoms with Crippen molar-refractivity contribution in [3.8, 4) is 0 Å². The SMILES string of the molecule is C[C@]12CC[C@H]3[C@@H](CCC4CCCC[C@@]43C)[C@@H]1CC[C@H]2C(=O)C(O)O. The number of rotatable bonds is 2. The highest BCUT2D eigenvalue weighted by atomic mass is 16.5. The van der Waals surface area contributed by atoms with Crippen molar-refractivity contribution >= 4 is 5.78 Å². The highest BCUT2D eigenvalue weighted by Crippen LogP contribution is 2.67. The van der Waals surface area contributed by atoms with Crippen LogP contribution < -0.4 is 0 Å². The minimum Gasteiger partial charge on any atom is -0.362 e. The van der Waals surface area contributed by atoms with Gasteiger partial charge in [-0.05, 0) is 85.9 Å². The molecule has 136 valence electrons. The van der Waals surface area contributed by atoms with Crippen molar-refractivity contribution in [3.05, 3.63) is 0 Å². The zero-order valence-electron chi connectivity index (χ0n) is 15.3. The molecule has 0 heterocycles. The standard InChI is InChI=1S/C21H34O3/c1-20-11-4-3-5-13(20)6-7-14-15-8-9-17(18(22)19(23)24)21(15,2)12-10-16(14)20/h13-17,19,23-24H,3-12H2,1-2H3/t13?,14-,15-,16-,17-,20-,21-/m0/s1. The quantitative estimate of drug-likeness (QED) is 0.753. The van der Waals surface area contributed by atoms with E-state index in [9.17, 15) is 15.0 Å². The van der Waals surface area contributed by atoms with Gasteiger partial charge in [0.25, 0.3) is 0 Å². The topological polar surface area (TPSA) is 57.5 Å². The van der Waals surface area contributed by atoms with Crippen LogP contribution in [0.4, 0.5) is 0 Å². The van der Waals surface area contributed by atoms with Crippen molar-refractivity contribution in [2.45, 2.75) is 84.3 Å². The maximum atomic E-state index is 12.4. The third-order valence-electron chi connectivity index (χ3n) is 9.18. The lowest BCUT2D eigenvalue weighted by Crippen LogP contribution is -2.53. The summed E-state index contributed by atoms with van der Waals surface area (Å²) in [6.45, 7) is 4.85. The Balaban J connectivity index is 1.60. The van der Waals surface area contributed by atoms with Crippen LogP contribution in [-0.4, -0.2) is 22.3 Å². The monoisotopic (exact) mass is 334 g/mol. The van der Waals surface area contributed by atoms with Crippen LogP contribution in [0.3, 0.4) is 0 Å². The Kier molecular flexibility index (Phi) is 4.12. The van der Waals surface area contributed by atoms with Gasteiger partial charge in [-0.2, -0.15) is 0 Å². The third kappa shape index (κ3) is 2.26. The summed E-state index contributed by atoms with van der Waals surface area (Å²) in [5, 5.41) is 18.8. The van der Waals surface area contributed by atoms with Gasteiger partial charge in [-0.25, -0.2) is 0 Å². The number of carbonyl (C=O) groups excluding carboxylic acids is 1. The van der Waals surface area contributed by atoms with Gasteiger partial charge in [0.2, 0.25) is 6.29 Å². The molecule has 0 radical (unpaired) electrons. The number of hydrogen-bond acceptors (Lipinski definition) is 3. The van der Waals surface area contributed by atoms with E-state index >= 15 is 0 Å². The summed E-state index contributed by atoms with van der Waals surface area (Å²) < 4.78 is 0. The van der Waals surface area contributed by atoms with E-state index in [1.54, 1.807) is 0 Å². The average molecular weight is 334 g/mol. The van der Waals surface area contributed by atoms with Crippen LogP contribution in [0.5, 0.6) is 0 Å². The molecule has 4 fully saturated rings. The second-order valence-corrected chi connectivity index (χ2v) is 9.85. The number of ketones is 1. The molecule has 0 amide bonds. The first-order chi connectivity index (χ1) is 11.4. The predicted octanol–water partition coefficient (Wildman–Crippen LogP) is 3.92. The van der Waals surface area contributed by atoms with E-state index in [-0.39, 0.29) is 17.1 Å². The Labute approximate surface area is 146 Å². The van der Waals surface area contributed by atoms with E-state index in [1.165, 1.54) is 44.9 Å². The van der Waals surface area contributed by atoms with Gasteiger partial charge in [-0.15, -0.1) is 0 Å². The highest BCUT2D eigenvalue weighted by Gasteiger charge is 2.61. The van der Waals surface area contributed by atoms with Crippen LogP contribution in [0.15, 0.2) is 0 Å². The molecule has 4 rings (SSSR count). The Hall–Kier alpha value is -0.410. The Morgan fingerprint density at radius 3 is 2.38 bits per heavy atom. The molecule has 3 heteroatoms. The summed E-state index contributed by atoms with van der Waals surface area (Å²) in [5.74, 6) is 2.68. The number of aliphatic hydroxyl groups excluding tert-OH is 1. The van der Waals surface area contributed by atoms with Crippen molar-refractivity contribution in [3.63, 3.8) is 0 Å². The van der Waals surface area contributed by atoms with E-state index in [0.717, 1.165) is 37.0 Å². The minimum absolute atomic E-state index is 0.000175. The number of hydrogen-bond donors (Lipinski definition) is 2. The Morgan fingerprint density at radius 1 is 0.875 bits per heavy atom. The molecule has 4 saturated carbocycles. The maximum absolute atomic E-state index is 12.4. The molecule has 0 bridgehead atoms. The molecule has 0 aliphatic heterocycles. The molecule has 0 saturated heterocycles. The fourth-order valence-electron chi connectivity index (χ4n) is 7.94. The first-order valence-corrected chi connectivity index (χ1v) is 10.3. The van der Waals surface area contributed by atoms with E-state index in [4.69, 9.17) is 0 Å². The summed E-state index contributed by atoms with van der Waals surface area (Å²) in [7, 11) is 0. The second kappa shape index (κ2) is 5.81. The van der Waals surface area contributed by atoms with Gasteiger partial charge in [0.05, 0.1) is 0 Å². The van der Waals surface area contributed by atoms with Gasteiger partial charge >= 0.3 is 0 Å². The molecule has 24 heavy (non-hydrogen) atoms. The summed E-state index contributed by atoms with van der Waals surface area (Å²) >= 11 is 0. The van der Waals surface area contributed by atoms with Crippen molar-refractivity contribution in [2.24, 2.45) is 40.4 Å². The van der Waals surface area contributed by atoms with Gasteiger partial charge < -0.3 is 10.2 Å². The Morgan fingerprint density at radius 2 is 1.62 bits per heavy atom. The van der Waals surface area contributed by atoms with Crippen LogP contribution in [0.2, 0.25) is 0 Å². The van der Waals surface area contributed by atoms with E-state index < -0.39 is 6.29 Å². The lowest BCUT2D eigenvalue weighted by Gasteiger charge is -2.60. The van der Waals surface area contributed by atoms with Crippen LogP contribution in [0, 0.1) is 40.4 Å². The maximum Gasteiger partial charge on any atom is 0.213 e. The second-order valence-electron chi connectivity index (χ2n) is 9.85. The van der Waals surface area contributed by atoms with E-state index in [1.807, 2.05) is 0 Å². The average Bonchev–Trinajstić information content (AvgIpc) is 2.90. The lowest BCUT2D eigenvalue weighted by molar-refractivity contribution is -0.158. The molecule has 4 aliphatic carbocycles. The molecule has 0 aromatic heterocycles. The Bertz CT molecular complexity index is 515. The zero-order valence-corrected chi connectivity index (χ0v) is 15.3. The van der Waals surface area contributed by atoms with Gasteiger partial charge in [0, 0.05) is 5.92 Å². The molecule has 0 aromatic carbocycles. The normalized spacial score (nSPS) is 51.0. The minimum atomic E-state index is -1.78. The van der Waals surface area contributed by atoms with Crippen molar-refractivity contribution < 1.29 is 15.0 Å². The first kappa shape index (κ1) is 17.0. The van der Waals surface area contributed by atoms with Crippen LogP contribution in [-0.2, 0) is 4.79 Å². The summed E-state index contributed by atoms with van der Waals surface area (Å²) in [5.41, 5.74) is 0.529. The number of aliphatic hydroxyl groups is 2. The molecule has 1 unspecified atom stereocenters. The van der Waals surface area contributed by atoms with Crippen LogP contribution in [0.25, 0.3) is 0 Å². The zero-order chi connectivity index (χ0) is 17.1. The molecule has 4 aliphatic rings. The highest BCUT2D eigenvalue weighted by molar-refractivity contribution is 5.84. The van der Waals surface area contributed by atoms with Gasteiger partial charge in [0.1, 0.15) is 0 Å². The third-order valence-corrected chi connectivity index (χ3v) is 9.18. The largest absolute Gasteiger partial charge is 0.362 e. The van der Waals surface area contributed by atoms with Gasteiger partial charge in [-0.1, -0.05) is 26.7 Å². The van der Waals surface area contributed by atoms with Gasteiger partial charge in [0.15, 0.2) is 5.78 Å². The fraction of sp³-hybridized carbons (Fsp3) is 0.952. The molecule has 3 nitrogen and oxygen atoms in total. The fourth-order valence-corrected chi connectivity index (χ4v) is 7.94. The van der Waals surface area contributed by atoms with Crippen molar-refractivity contribution in [1.82, 2.24) is 0 Å². The number of Topliss-reactive ketones (excluding diaryl/α,β-unsaturated/α-hetero) is 1. The number of carbonyl (C=O) groups is 1. The lowest BCUT2D eigenvalue weighted by atomic mass is 9.45. The summed E-state index contributed by atoms with van der Waals surface area (Å²) in [6, 6.07) is 0. The van der Waals surface area contributed by atoms with E-state index in [2.05, 4.69) is 13.8 Å². The first-order valence-electron chi connectivity index (χ1n) is 10.3. The molecule has 7 atom stereocenters. The number of fused-ring (bicyclic) bond motifs is 5. The predicted molar refractivity (Wildman–Crippen MR) is 93.1 cm³/mol. The van der Waals surface area contributed by atoms with E-state index in [0.29, 0.717) is 11.3 Å². The summed E-state index contributed by atoms with van der Waals surface area (Å²) in [6.07, 6.45) is 10.9. The van der Waals surface area contributed by atoms with Crippen molar-refractivity contribution in [2.75, 3.05) is 0 Å². The molecular weight excluding hydrogens is 300 g/mol.